The molecule has 5 amide bonds. The number of carbonyl (C=O) groups excluding carboxylic acids is 5. The number of hydrogen-bond donors (Lipinski definition) is 3. The molecule has 51 heavy (non-hydrogen) atoms. The third-order valence-electron chi connectivity index (χ3n) is 10.9. The Bertz CT molecular complexity index is 1630. The Morgan fingerprint density at radius 3 is 2.37 bits per heavy atom. The van der Waals surface area contributed by atoms with E-state index in [4.69, 9.17) is 9.47 Å². The van der Waals surface area contributed by atoms with Crippen molar-refractivity contribution in [2.45, 2.75) is 115 Å². The summed E-state index contributed by atoms with van der Waals surface area (Å²) in [6.07, 6.45) is 4.80. The first-order chi connectivity index (χ1) is 24.1. The van der Waals surface area contributed by atoms with Gasteiger partial charge in [-0.05, 0) is 62.0 Å². The largest absolute Gasteiger partial charge is 0.446 e. The molecule has 0 bridgehead atoms. The maximum Gasteiger partial charge on any atom is 0.410 e. The van der Waals surface area contributed by atoms with Crippen molar-refractivity contribution in [1.82, 2.24) is 25.5 Å². The van der Waals surface area contributed by atoms with E-state index < -0.39 is 78.1 Å². The Morgan fingerprint density at radius 1 is 1.04 bits per heavy atom. The second-order valence-corrected chi connectivity index (χ2v) is 18.6. The van der Waals surface area contributed by atoms with Gasteiger partial charge in [-0.3, -0.25) is 19.3 Å². The molecule has 1 aromatic rings. The summed E-state index contributed by atoms with van der Waals surface area (Å²) in [5.41, 5.74) is -1.13. The van der Waals surface area contributed by atoms with Gasteiger partial charge in [-0.1, -0.05) is 39.0 Å². The van der Waals surface area contributed by atoms with Crippen LogP contribution in [0.15, 0.2) is 30.9 Å². The smallest absolute Gasteiger partial charge is 0.410 e. The SMILES string of the molecule is C=CC1C[C@]1(NC(=O)[C@@H]1CC(OC(=O)N2Cc3cccc(F)c3C2)CN1C(=O)[C@@H](NC(=O)OC1CCCC1)C(C)(C)C)C(=O)NP1(=O)CCCC1. The molecule has 5 atom stereocenters. The van der Waals surface area contributed by atoms with Crippen LogP contribution in [0.4, 0.5) is 14.0 Å². The average Bonchev–Trinajstić information content (AvgIpc) is 3.64. The van der Waals surface area contributed by atoms with Crippen LogP contribution >= 0.6 is 7.29 Å². The minimum absolute atomic E-state index is 0.0175. The van der Waals surface area contributed by atoms with Gasteiger partial charge in [-0.2, -0.15) is 0 Å². The molecule has 2 aliphatic carbocycles. The Labute approximate surface area is 297 Å². The van der Waals surface area contributed by atoms with Crippen molar-refractivity contribution in [3.8, 4) is 0 Å². The van der Waals surface area contributed by atoms with E-state index in [1.165, 1.54) is 15.9 Å². The van der Waals surface area contributed by atoms with Crippen molar-refractivity contribution >= 4 is 37.2 Å². The quantitative estimate of drug-likeness (QED) is 0.246. The number of nitrogens with zero attached hydrogens (tertiary/aromatic N) is 2. The fraction of sp³-hybridized carbons (Fsp3) is 0.639. The van der Waals surface area contributed by atoms with Crippen molar-refractivity contribution in [1.29, 1.82) is 0 Å². The molecular formula is C36H49FN5O8P. The fourth-order valence-corrected chi connectivity index (χ4v) is 10.3. The van der Waals surface area contributed by atoms with Crippen LogP contribution < -0.4 is 15.7 Å². The van der Waals surface area contributed by atoms with Gasteiger partial charge in [-0.15, -0.1) is 6.58 Å². The van der Waals surface area contributed by atoms with E-state index in [0.717, 1.165) is 38.5 Å². The molecule has 5 aliphatic rings. The molecular weight excluding hydrogens is 680 g/mol. The molecule has 3 aliphatic heterocycles. The second-order valence-electron chi connectivity index (χ2n) is 15.7. The Kier molecular flexibility index (Phi) is 10.3. The van der Waals surface area contributed by atoms with Crippen molar-refractivity contribution in [3.05, 3.63) is 47.8 Å². The summed E-state index contributed by atoms with van der Waals surface area (Å²) in [6.45, 7) is 9.15. The Hall–Kier alpha value is -3.93. The van der Waals surface area contributed by atoms with E-state index in [0.29, 0.717) is 23.5 Å². The highest BCUT2D eigenvalue weighted by Crippen LogP contribution is 2.52. The van der Waals surface area contributed by atoms with Gasteiger partial charge in [0, 0.05) is 36.8 Å². The van der Waals surface area contributed by atoms with Gasteiger partial charge in [0.2, 0.25) is 11.8 Å². The minimum Gasteiger partial charge on any atom is -0.446 e. The number of halogens is 1. The van der Waals surface area contributed by atoms with Gasteiger partial charge in [-0.25, -0.2) is 14.0 Å². The van der Waals surface area contributed by atoms with E-state index in [9.17, 15) is 32.9 Å². The van der Waals surface area contributed by atoms with Gasteiger partial charge in [0.15, 0.2) is 7.29 Å². The lowest BCUT2D eigenvalue weighted by molar-refractivity contribution is -0.143. The molecule has 2 saturated carbocycles. The Balaban J connectivity index is 1.21. The number of carbonyl (C=O) groups is 5. The molecule has 2 unspecified atom stereocenters. The Morgan fingerprint density at radius 2 is 1.75 bits per heavy atom. The second kappa shape index (κ2) is 14.2. The number of benzene rings is 1. The van der Waals surface area contributed by atoms with Crippen molar-refractivity contribution in [3.63, 3.8) is 0 Å². The average molecular weight is 730 g/mol. The predicted molar refractivity (Wildman–Crippen MR) is 185 cm³/mol. The van der Waals surface area contributed by atoms with Crippen molar-refractivity contribution < 1.29 is 42.4 Å². The van der Waals surface area contributed by atoms with E-state index >= 15 is 0 Å². The molecule has 6 rings (SSSR count). The number of nitrogens with one attached hydrogen (secondary N) is 3. The summed E-state index contributed by atoms with van der Waals surface area (Å²) in [5.74, 6) is -2.61. The molecule has 15 heteroatoms. The van der Waals surface area contributed by atoms with Gasteiger partial charge < -0.3 is 34.7 Å². The minimum atomic E-state index is -2.92. The number of likely N-dealkylation sites (tertiary alicyclic amines) is 1. The summed E-state index contributed by atoms with van der Waals surface area (Å²) in [4.78, 5) is 71.2. The summed E-state index contributed by atoms with van der Waals surface area (Å²) in [6, 6.07) is 2.35. The van der Waals surface area contributed by atoms with Crippen LogP contribution in [0, 0.1) is 17.2 Å². The molecule has 2 saturated heterocycles. The van der Waals surface area contributed by atoms with Crippen molar-refractivity contribution in [2.75, 3.05) is 18.9 Å². The van der Waals surface area contributed by atoms with Crippen LogP contribution in [0.5, 0.6) is 0 Å². The molecule has 1 aromatic carbocycles. The number of hydrogen-bond acceptors (Lipinski definition) is 8. The predicted octanol–water partition coefficient (Wildman–Crippen LogP) is 4.58. The summed E-state index contributed by atoms with van der Waals surface area (Å²) in [5, 5.41) is 8.32. The topological polar surface area (TPSA) is 163 Å². The lowest BCUT2D eigenvalue weighted by Crippen LogP contribution is -2.59. The van der Waals surface area contributed by atoms with Crippen LogP contribution in [-0.4, -0.2) is 88.4 Å². The van der Waals surface area contributed by atoms with E-state index in [2.05, 4.69) is 22.3 Å². The molecule has 13 nitrogen and oxygen atoms in total. The van der Waals surface area contributed by atoms with E-state index in [1.807, 2.05) is 0 Å². The summed E-state index contributed by atoms with van der Waals surface area (Å²) < 4.78 is 39.1. The molecule has 3 N–H and O–H groups in total. The van der Waals surface area contributed by atoms with Crippen LogP contribution in [0.1, 0.15) is 83.3 Å². The zero-order valence-electron chi connectivity index (χ0n) is 29.6. The highest BCUT2D eigenvalue weighted by Gasteiger charge is 2.62. The first kappa shape index (κ1) is 36.8. The monoisotopic (exact) mass is 729 g/mol. The highest BCUT2D eigenvalue weighted by atomic mass is 31.2. The molecule has 3 heterocycles. The van der Waals surface area contributed by atoms with Crippen LogP contribution in [0.2, 0.25) is 0 Å². The zero-order chi connectivity index (χ0) is 36.7. The lowest BCUT2D eigenvalue weighted by Gasteiger charge is -2.35. The van der Waals surface area contributed by atoms with Crippen LogP contribution in [-0.2, 0) is 41.5 Å². The third kappa shape index (κ3) is 7.80. The molecule has 0 spiro atoms. The van der Waals surface area contributed by atoms with Gasteiger partial charge in [0.25, 0.3) is 5.91 Å². The normalized spacial score (nSPS) is 27.3. The van der Waals surface area contributed by atoms with Gasteiger partial charge in [0.05, 0.1) is 13.1 Å². The molecule has 4 fully saturated rings. The first-order valence-corrected chi connectivity index (χ1v) is 20.0. The summed E-state index contributed by atoms with van der Waals surface area (Å²) in [7, 11) is -2.92. The molecule has 278 valence electrons. The van der Waals surface area contributed by atoms with E-state index in [1.54, 1.807) is 39.0 Å². The zero-order valence-corrected chi connectivity index (χ0v) is 30.5. The number of ether oxygens (including phenoxy) is 2. The van der Waals surface area contributed by atoms with Gasteiger partial charge in [0.1, 0.15) is 35.6 Å². The standard InChI is InChI=1S/C36H49FN5O8P/c1-5-23-18-36(23,32(45)40-51(48)15-8-9-16-51)39-30(43)28-17-25(50-34(47)41-19-22-11-10-14-27(37)26(22)21-41)20-42(28)31(44)29(35(2,3)4)38-33(46)49-24-12-6-7-13-24/h5,10-11,14,23-25,28-29H,1,6-9,12-13,15-21H2,2-4H3,(H,38,46)(H,39,43)(H,40,45,48)/t23?,25?,28-,29+,36+/m0/s1. The molecule has 0 radical (unpaired) electrons. The maximum atomic E-state index is 14.4. The number of amides is 5. The van der Waals surface area contributed by atoms with Crippen LogP contribution in [0.25, 0.3) is 0 Å². The third-order valence-corrected chi connectivity index (χ3v) is 13.6. The summed E-state index contributed by atoms with van der Waals surface area (Å²) >= 11 is 0. The number of fused-ring (bicyclic) bond motifs is 1. The van der Waals surface area contributed by atoms with E-state index in [-0.39, 0.29) is 38.6 Å². The maximum absolute atomic E-state index is 14.4. The first-order valence-electron chi connectivity index (χ1n) is 18.0. The highest BCUT2D eigenvalue weighted by molar-refractivity contribution is 7.62. The van der Waals surface area contributed by atoms with Crippen molar-refractivity contribution in [2.24, 2.45) is 11.3 Å². The number of rotatable bonds is 9. The molecule has 0 aromatic heterocycles. The number of alkyl carbamates (subject to hydrolysis) is 1. The van der Waals surface area contributed by atoms with Crippen LogP contribution in [0.3, 0.4) is 0 Å². The lowest BCUT2D eigenvalue weighted by atomic mass is 9.85. The van der Waals surface area contributed by atoms with Gasteiger partial charge >= 0.3 is 12.2 Å². The fourth-order valence-electron chi connectivity index (χ4n) is 7.81.